The lowest BCUT2D eigenvalue weighted by molar-refractivity contribution is 0.102. The van der Waals surface area contributed by atoms with Crippen molar-refractivity contribution in [3.63, 3.8) is 0 Å². The van der Waals surface area contributed by atoms with Gasteiger partial charge in [0, 0.05) is 10.0 Å². The van der Waals surface area contributed by atoms with Crippen molar-refractivity contribution in [2.24, 2.45) is 0 Å². The van der Waals surface area contributed by atoms with Gasteiger partial charge in [-0.25, -0.2) is 4.39 Å². The Hall–Kier alpha value is 0.0700. The van der Waals surface area contributed by atoms with Gasteiger partial charge in [-0.05, 0) is 28.1 Å². The fraction of sp³-hybridized carbons (Fsp3) is 0.125. The molecule has 0 heterocycles. The van der Waals surface area contributed by atoms with Crippen molar-refractivity contribution in [1.29, 1.82) is 0 Å². The predicted molar refractivity (Wildman–Crippen MR) is 57.2 cm³/mol. The first-order valence-corrected chi connectivity index (χ1v) is 5.59. The molecule has 0 amide bonds. The highest BCUT2D eigenvalue weighted by Crippen LogP contribution is 2.25. The summed E-state index contributed by atoms with van der Waals surface area (Å²) in [7, 11) is 0. The zero-order valence-electron chi connectivity index (χ0n) is 6.28. The quantitative estimate of drug-likeness (QED) is 0.458. The van der Waals surface area contributed by atoms with Crippen LogP contribution in [0.2, 0.25) is 5.02 Å². The molecule has 0 aliphatic carbocycles. The summed E-state index contributed by atoms with van der Waals surface area (Å²) in [4.78, 5) is 11.2. The van der Waals surface area contributed by atoms with Crippen molar-refractivity contribution in [3.8, 4) is 0 Å². The molecular formula is C8H4Br2ClFO. The standard InChI is InChI=1S/C8H4Br2ClFO/c9-3-8(13)4-1-7(12)6(11)2-5(4)10/h1-2H,3H2. The molecule has 0 unspecified atom stereocenters. The second-order valence-corrected chi connectivity index (χ2v) is 4.13. The molecule has 0 spiro atoms. The van der Waals surface area contributed by atoms with E-state index in [9.17, 15) is 9.18 Å². The van der Waals surface area contributed by atoms with Crippen LogP contribution in [0, 0.1) is 5.82 Å². The number of hydrogen-bond acceptors (Lipinski definition) is 1. The molecular weight excluding hydrogens is 326 g/mol. The summed E-state index contributed by atoms with van der Waals surface area (Å²) in [6, 6.07) is 2.49. The van der Waals surface area contributed by atoms with Crippen molar-refractivity contribution < 1.29 is 9.18 Å². The van der Waals surface area contributed by atoms with E-state index in [1.165, 1.54) is 6.07 Å². The molecule has 0 saturated heterocycles. The summed E-state index contributed by atoms with van der Waals surface area (Å²) in [6.45, 7) is 0. The van der Waals surface area contributed by atoms with E-state index < -0.39 is 5.82 Å². The van der Waals surface area contributed by atoms with Gasteiger partial charge in [0.05, 0.1) is 10.4 Å². The van der Waals surface area contributed by atoms with Crippen molar-refractivity contribution in [1.82, 2.24) is 0 Å². The summed E-state index contributed by atoms with van der Waals surface area (Å²) in [5.41, 5.74) is 0.291. The van der Waals surface area contributed by atoms with E-state index >= 15 is 0 Å². The zero-order valence-corrected chi connectivity index (χ0v) is 10.2. The van der Waals surface area contributed by atoms with E-state index in [1.54, 1.807) is 0 Å². The first kappa shape index (κ1) is 11.1. The Bertz CT molecular complexity index is 354. The Morgan fingerprint density at radius 1 is 1.54 bits per heavy atom. The highest BCUT2D eigenvalue weighted by Gasteiger charge is 2.12. The molecule has 13 heavy (non-hydrogen) atoms. The molecule has 1 nitrogen and oxygen atoms in total. The third-order valence-corrected chi connectivity index (χ3v) is 2.89. The van der Waals surface area contributed by atoms with E-state index in [0.29, 0.717) is 10.0 Å². The van der Waals surface area contributed by atoms with Crippen molar-refractivity contribution in [2.45, 2.75) is 0 Å². The van der Waals surface area contributed by atoms with Gasteiger partial charge in [-0.2, -0.15) is 0 Å². The maximum absolute atomic E-state index is 12.9. The predicted octanol–water partition coefficient (Wildman–Crippen LogP) is 3.82. The molecule has 5 heteroatoms. The van der Waals surface area contributed by atoms with Gasteiger partial charge in [0.25, 0.3) is 0 Å². The Morgan fingerprint density at radius 3 is 2.69 bits per heavy atom. The summed E-state index contributed by atoms with van der Waals surface area (Å²) in [6.07, 6.45) is 0. The van der Waals surface area contributed by atoms with Crippen LogP contribution in [-0.4, -0.2) is 11.1 Å². The number of halogens is 4. The number of ketones is 1. The van der Waals surface area contributed by atoms with E-state index in [-0.39, 0.29) is 16.1 Å². The van der Waals surface area contributed by atoms with E-state index in [4.69, 9.17) is 11.6 Å². The highest BCUT2D eigenvalue weighted by molar-refractivity contribution is 9.10. The van der Waals surface area contributed by atoms with Gasteiger partial charge in [0.1, 0.15) is 5.82 Å². The Morgan fingerprint density at radius 2 is 2.15 bits per heavy atom. The van der Waals surface area contributed by atoms with E-state index in [2.05, 4.69) is 31.9 Å². The Labute approximate surface area is 96.5 Å². The molecule has 0 aliphatic rings. The molecule has 0 saturated carbocycles. The van der Waals surface area contributed by atoms with Gasteiger partial charge in [0.15, 0.2) is 5.78 Å². The molecule has 0 bridgehead atoms. The Kier molecular flexibility index (Phi) is 3.88. The fourth-order valence-corrected chi connectivity index (χ4v) is 1.97. The smallest absolute Gasteiger partial charge is 0.174 e. The highest BCUT2D eigenvalue weighted by atomic mass is 79.9. The number of carbonyl (C=O) groups excluding carboxylic acids is 1. The first-order valence-electron chi connectivity index (χ1n) is 3.30. The van der Waals surface area contributed by atoms with Gasteiger partial charge >= 0.3 is 0 Å². The van der Waals surface area contributed by atoms with Crippen LogP contribution in [-0.2, 0) is 0 Å². The molecule has 1 aromatic carbocycles. The third kappa shape index (κ3) is 2.51. The number of hydrogen-bond donors (Lipinski definition) is 0. The second kappa shape index (κ2) is 4.53. The molecule has 0 N–H and O–H groups in total. The molecule has 0 atom stereocenters. The van der Waals surface area contributed by atoms with Gasteiger partial charge in [0.2, 0.25) is 0 Å². The topological polar surface area (TPSA) is 17.1 Å². The maximum Gasteiger partial charge on any atom is 0.174 e. The van der Waals surface area contributed by atoms with Gasteiger partial charge in [-0.1, -0.05) is 27.5 Å². The number of Topliss-reactive ketones (excluding diaryl/α,β-unsaturated/α-hetero) is 1. The van der Waals surface area contributed by atoms with Crippen molar-refractivity contribution in [2.75, 3.05) is 5.33 Å². The van der Waals surface area contributed by atoms with Crippen LogP contribution in [0.1, 0.15) is 10.4 Å². The fourth-order valence-electron chi connectivity index (χ4n) is 0.808. The molecule has 1 rings (SSSR count). The van der Waals surface area contributed by atoms with E-state index in [0.717, 1.165) is 6.07 Å². The minimum absolute atomic E-state index is 0.00185. The average molecular weight is 330 g/mol. The summed E-state index contributed by atoms with van der Waals surface area (Å²) >= 11 is 11.6. The monoisotopic (exact) mass is 328 g/mol. The third-order valence-electron chi connectivity index (χ3n) is 1.43. The summed E-state index contributed by atoms with van der Waals surface area (Å²) < 4.78 is 13.4. The first-order chi connectivity index (χ1) is 6.06. The normalized spacial score (nSPS) is 10.2. The molecule has 0 aromatic heterocycles. The summed E-state index contributed by atoms with van der Waals surface area (Å²) in [5, 5.41) is 0.158. The van der Waals surface area contributed by atoms with Crippen LogP contribution in [0.4, 0.5) is 4.39 Å². The Balaban J connectivity index is 3.23. The van der Waals surface area contributed by atoms with Crippen LogP contribution in [0.25, 0.3) is 0 Å². The zero-order chi connectivity index (χ0) is 10.0. The number of carbonyl (C=O) groups is 1. The van der Waals surface area contributed by atoms with Crippen LogP contribution in [0.3, 0.4) is 0 Å². The van der Waals surface area contributed by atoms with Crippen LogP contribution in [0.5, 0.6) is 0 Å². The molecule has 0 fully saturated rings. The number of benzene rings is 1. The molecule has 0 aliphatic heterocycles. The van der Waals surface area contributed by atoms with Crippen molar-refractivity contribution >= 4 is 49.2 Å². The average Bonchev–Trinajstić information content (AvgIpc) is 2.10. The van der Waals surface area contributed by atoms with Gasteiger partial charge in [-0.3, -0.25) is 4.79 Å². The van der Waals surface area contributed by atoms with Gasteiger partial charge < -0.3 is 0 Å². The van der Waals surface area contributed by atoms with E-state index in [1.807, 2.05) is 0 Å². The largest absolute Gasteiger partial charge is 0.293 e. The maximum atomic E-state index is 12.9. The molecule has 70 valence electrons. The molecule has 1 aromatic rings. The number of alkyl halides is 1. The van der Waals surface area contributed by atoms with Crippen LogP contribution >= 0.6 is 43.5 Å². The van der Waals surface area contributed by atoms with Gasteiger partial charge in [-0.15, -0.1) is 0 Å². The lowest BCUT2D eigenvalue weighted by Crippen LogP contribution is -2.01. The van der Waals surface area contributed by atoms with Crippen LogP contribution < -0.4 is 0 Å². The molecule has 0 radical (unpaired) electrons. The lowest BCUT2D eigenvalue weighted by atomic mass is 10.1. The minimum atomic E-state index is -0.589. The van der Waals surface area contributed by atoms with Crippen LogP contribution in [0.15, 0.2) is 16.6 Å². The minimum Gasteiger partial charge on any atom is -0.293 e. The van der Waals surface area contributed by atoms with Crippen molar-refractivity contribution in [3.05, 3.63) is 33.0 Å². The summed E-state index contributed by atoms with van der Waals surface area (Å²) in [5.74, 6) is -0.781. The second-order valence-electron chi connectivity index (χ2n) is 2.30. The lowest BCUT2D eigenvalue weighted by Gasteiger charge is -2.02. The SMILES string of the molecule is O=C(CBr)c1cc(F)c(Cl)cc1Br. The number of rotatable bonds is 2.